The van der Waals surface area contributed by atoms with Crippen LogP contribution in [-0.4, -0.2) is 17.2 Å². The summed E-state index contributed by atoms with van der Waals surface area (Å²) in [6.07, 6.45) is 9.39. The molecule has 0 spiro atoms. The monoisotopic (exact) mass is 198 g/mol. The van der Waals surface area contributed by atoms with Crippen LogP contribution in [0.25, 0.3) is 0 Å². The van der Waals surface area contributed by atoms with Gasteiger partial charge in [0.25, 0.3) is 0 Å². The summed E-state index contributed by atoms with van der Waals surface area (Å²) in [4.78, 5) is 9.25. The number of carboxylic acids is 1. The van der Waals surface area contributed by atoms with Crippen LogP contribution in [0.4, 0.5) is 0 Å². The molecule has 0 aliphatic heterocycles. The van der Waals surface area contributed by atoms with Crippen molar-refractivity contribution in [3.63, 3.8) is 0 Å². The first-order chi connectivity index (χ1) is 6.70. The maximum absolute atomic E-state index is 9.25. The minimum absolute atomic E-state index is 0.483. The van der Waals surface area contributed by atoms with Crippen molar-refractivity contribution in [2.24, 2.45) is 0 Å². The van der Waals surface area contributed by atoms with Crippen LogP contribution in [0.1, 0.15) is 32.1 Å². The molecule has 1 rings (SSSR count). The van der Waals surface area contributed by atoms with Crippen LogP contribution < -0.4 is 0 Å². The maximum Gasteiger partial charge on any atom is 0.327 e. The predicted molar refractivity (Wildman–Crippen MR) is 56.0 cm³/mol. The lowest BCUT2D eigenvalue weighted by atomic mass is 9.98. The minimum Gasteiger partial charge on any atom is -0.499 e. The highest BCUT2D eigenvalue weighted by Gasteiger charge is 2.11. The van der Waals surface area contributed by atoms with Crippen molar-refractivity contribution in [3.05, 3.63) is 25.5 Å². The first-order valence-electron chi connectivity index (χ1n) is 4.82. The van der Waals surface area contributed by atoms with Crippen LogP contribution in [0, 0.1) is 0 Å². The zero-order valence-corrected chi connectivity index (χ0v) is 8.45. The highest BCUT2D eigenvalue weighted by atomic mass is 16.5. The van der Waals surface area contributed by atoms with Crippen molar-refractivity contribution >= 4 is 5.97 Å². The number of carbonyl (C=O) groups is 1. The Labute approximate surface area is 85.1 Å². The maximum atomic E-state index is 9.25. The van der Waals surface area contributed by atoms with E-state index in [1.54, 1.807) is 6.26 Å². The smallest absolute Gasteiger partial charge is 0.327 e. The molecular formula is C11H18O3. The second-order valence-electron chi connectivity index (χ2n) is 3.11. The number of hydrogen-bond acceptors (Lipinski definition) is 2. The van der Waals surface area contributed by atoms with Crippen molar-refractivity contribution in [2.45, 2.75) is 38.2 Å². The fraction of sp³-hybridized carbons (Fsp3) is 0.545. The summed E-state index contributed by atoms with van der Waals surface area (Å²) >= 11 is 0. The molecule has 3 nitrogen and oxygen atoms in total. The highest BCUT2D eigenvalue weighted by molar-refractivity contribution is 5.78. The van der Waals surface area contributed by atoms with Gasteiger partial charge in [-0.3, -0.25) is 0 Å². The van der Waals surface area contributed by atoms with E-state index >= 15 is 0 Å². The SMILES string of the molecule is C=CC(=O)O.C=COC1CCCCC1. The second kappa shape index (κ2) is 8.35. The van der Waals surface area contributed by atoms with Crippen LogP contribution in [0.3, 0.4) is 0 Å². The number of carboxylic acid groups (broad SMARTS) is 1. The zero-order valence-electron chi connectivity index (χ0n) is 8.45. The lowest BCUT2D eigenvalue weighted by Crippen LogP contribution is -2.13. The van der Waals surface area contributed by atoms with Gasteiger partial charge in [0, 0.05) is 6.08 Å². The van der Waals surface area contributed by atoms with Crippen LogP contribution >= 0.6 is 0 Å². The van der Waals surface area contributed by atoms with Crippen LogP contribution in [0.15, 0.2) is 25.5 Å². The summed E-state index contributed by atoms with van der Waals surface area (Å²) in [5.41, 5.74) is 0. The Morgan fingerprint density at radius 2 is 1.79 bits per heavy atom. The zero-order chi connectivity index (χ0) is 10.8. The summed E-state index contributed by atoms with van der Waals surface area (Å²) in [5, 5.41) is 7.60. The van der Waals surface area contributed by atoms with Gasteiger partial charge in [0.1, 0.15) is 0 Å². The Hall–Kier alpha value is -1.25. The van der Waals surface area contributed by atoms with Crippen molar-refractivity contribution in [1.29, 1.82) is 0 Å². The molecule has 0 saturated heterocycles. The van der Waals surface area contributed by atoms with E-state index in [0.717, 1.165) is 6.08 Å². The van der Waals surface area contributed by atoms with Gasteiger partial charge >= 0.3 is 5.97 Å². The van der Waals surface area contributed by atoms with Gasteiger partial charge in [0.15, 0.2) is 0 Å². The minimum atomic E-state index is -0.981. The number of aliphatic carboxylic acids is 1. The first kappa shape index (κ1) is 12.8. The van der Waals surface area contributed by atoms with E-state index in [2.05, 4.69) is 13.2 Å². The topological polar surface area (TPSA) is 46.5 Å². The first-order valence-corrected chi connectivity index (χ1v) is 4.82. The van der Waals surface area contributed by atoms with Crippen LogP contribution in [-0.2, 0) is 9.53 Å². The summed E-state index contributed by atoms with van der Waals surface area (Å²) in [7, 11) is 0. The molecule has 1 N–H and O–H groups in total. The van der Waals surface area contributed by atoms with E-state index in [4.69, 9.17) is 9.84 Å². The summed E-state index contributed by atoms with van der Waals surface area (Å²) in [5.74, 6) is -0.981. The fourth-order valence-electron chi connectivity index (χ4n) is 1.34. The summed E-state index contributed by atoms with van der Waals surface area (Å²) in [6.45, 7) is 6.49. The number of rotatable bonds is 3. The molecule has 0 heterocycles. The molecule has 80 valence electrons. The molecule has 0 aromatic rings. The van der Waals surface area contributed by atoms with Crippen molar-refractivity contribution < 1.29 is 14.6 Å². The fourth-order valence-corrected chi connectivity index (χ4v) is 1.34. The Balaban J connectivity index is 0.000000292. The standard InChI is InChI=1S/C8H14O.C3H4O2/c1-2-9-8-6-4-3-5-7-8;1-2-3(4)5/h2,8H,1,3-7H2;2H,1H2,(H,4,5). The quantitative estimate of drug-likeness (QED) is 0.560. The van der Waals surface area contributed by atoms with Gasteiger partial charge in [0.2, 0.25) is 0 Å². The Morgan fingerprint density at radius 3 is 2.14 bits per heavy atom. The molecule has 14 heavy (non-hydrogen) atoms. The molecule has 0 unspecified atom stereocenters. The summed E-state index contributed by atoms with van der Waals surface area (Å²) < 4.78 is 5.25. The molecule has 0 atom stereocenters. The third-order valence-electron chi connectivity index (χ3n) is 2.02. The molecule has 0 bridgehead atoms. The molecule has 1 fully saturated rings. The Bertz CT molecular complexity index is 181. The van der Waals surface area contributed by atoms with Crippen LogP contribution in [0.2, 0.25) is 0 Å². The van der Waals surface area contributed by atoms with E-state index in [0.29, 0.717) is 6.10 Å². The Morgan fingerprint density at radius 1 is 1.29 bits per heavy atom. The lowest BCUT2D eigenvalue weighted by Gasteiger charge is -2.20. The molecule has 0 radical (unpaired) electrons. The number of ether oxygens (including phenoxy) is 1. The van der Waals surface area contributed by atoms with E-state index in [-0.39, 0.29) is 0 Å². The average Bonchev–Trinajstić information content (AvgIpc) is 2.21. The van der Waals surface area contributed by atoms with Gasteiger partial charge in [-0.25, -0.2) is 4.79 Å². The molecule has 3 heteroatoms. The van der Waals surface area contributed by atoms with Crippen molar-refractivity contribution in [3.8, 4) is 0 Å². The third kappa shape index (κ3) is 7.40. The van der Waals surface area contributed by atoms with Crippen LogP contribution in [0.5, 0.6) is 0 Å². The van der Waals surface area contributed by atoms with Gasteiger partial charge in [-0.05, 0) is 25.7 Å². The lowest BCUT2D eigenvalue weighted by molar-refractivity contribution is -0.131. The molecule has 1 saturated carbocycles. The second-order valence-corrected chi connectivity index (χ2v) is 3.11. The van der Waals surface area contributed by atoms with E-state index < -0.39 is 5.97 Å². The van der Waals surface area contributed by atoms with E-state index in [9.17, 15) is 4.79 Å². The van der Waals surface area contributed by atoms with E-state index in [1.165, 1.54) is 32.1 Å². The van der Waals surface area contributed by atoms with Crippen molar-refractivity contribution in [2.75, 3.05) is 0 Å². The van der Waals surface area contributed by atoms with Gasteiger partial charge in [-0.2, -0.15) is 0 Å². The average molecular weight is 198 g/mol. The predicted octanol–water partition coefficient (Wildman–Crippen LogP) is 2.74. The third-order valence-corrected chi connectivity index (χ3v) is 2.02. The normalized spacial score (nSPS) is 16.0. The van der Waals surface area contributed by atoms with Gasteiger partial charge in [-0.15, -0.1) is 0 Å². The number of hydrogen-bond donors (Lipinski definition) is 1. The molecule has 0 aromatic carbocycles. The van der Waals surface area contributed by atoms with Gasteiger partial charge < -0.3 is 9.84 Å². The highest BCUT2D eigenvalue weighted by Crippen LogP contribution is 2.19. The Kier molecular flexibility index (Phi) is 7.61. The molecule has 1 aliphatic carbocycles. The van der Waals surface area contributed by atoms with Crippen molar-refractivity contribution in [1.82, 2.24) is 0 Å². The molecule has 0 aromatic heterocycles. The molecule has 1 aliphatic rings. The molecular weight excluding hydrogens is 180 g/mol. The van der Waals surface area contributed by atoms with Gasteiger partial charge in [-0.1, -0.05) is 19.6 Å². The summed E-state index contributed by atoms with van der Waals surface area (Å²) in [6, 6.07) is 0. The molecule has 0 amide bonds. The largest absolute Gasteiger partial charge is 0.499 e. The van der Waals surface area contributed by atoms with Gasteiger partial charge in [0.05, 0.1) is 12.4 Å². The van der Waals surface area contributed by atoms with E-state index in [1.807, 2.05) is 0 Å².